The van der Waals surface area contributed by atoms with Gasteiger partial charge in [-0.1, -0.05) is 30.3 Å². The minimum atomic E-state index is -3.51. The van der Waals surface area contributed by atoms with Gasteiger partial charge >= 0.3 is 5.97 Å². The summed E-state index contributed by atoms with van der Waals surface area (Å²) in [5.74, 6) is 0.235. The molecule has 1 unspecified atom stereocenters. The van der Waals surface area contributed by atoms with Crippen molar-refractivity contribution in [3.8, 4) is 5.75 Å². The Morgan fingerprint density at radius 2 is 1.81 bits per heavy atom. The molecular weight excluding hydrogens is 374 g/mol. The van der Waals surface area contributed by atoms with E-state index in [0.29, 0.717) is 5.75 Å². The second-order valence-electron chi connectivity index (χ2n) is 5.52. The van der Waals surface area contributed by atoms with Crippen LogP contribution in [0, 0.1) is 0 Å². The second-order valence-corrected chi connectivity index (χ2v) is 8.69. The number of carboxylic acids is 1. The lowest BCUT2D eigenvalue weighted by molar-refractivity contribution is -0.139. The number of carbonyl (C=O) groups is 1. The number of hydrogen-bond donors (Lipinski definition) is 2. The maximum atomic E-state index is 12.2. The summed E-state index contributed by atoms with van der Waals surface area (Å²) in [5, 5.41) is 8.32. The predicted octanol–water partition coefficient (Wildman–Crippen LogP) is 2.75. The molecule has 0 aromatic heterocycles. The van der Waals surface area contributed by atoms with Crippen LogP contribution >= 0.6 is 11.8 Å². The van der Waals surface area contributed by atoms with Crippen LogP contribution in [0.25, 0.3) is 0 Å². The first-order chi connectivity index (χ1) is 12.4. The molecule has 0 aliphatic carbocycles. The summed E-state index contributed by atoms with van der Waals surface area (Å²) in [6.45, 7) is 1.45. The Morgan fingerprint density at radius 3 is 2.42 bits per heavy atom. The first kappa shape index (κ1) is 20.3. The maximum Gasteiger partial charge on any atom is 0.341 e. The summed E-state index contributed by atoms with van der Waals surface area (Å²) in [5.41, 5.74) is 1.07. The first-order valence-corrected chi connectivity index (χ1v) is 10.5. The summed E-state index contributed by atoms with van der Waals surface area (Å²) in [6, 6.07) is 15.5. The number of benzene rings is 2. The van der Waals surface area contributed by atoms with E-state index in [-0.39, 0.29) is 16.9 Å². The smallest absolute Gasteiger partial charge is 0.341 e. The van der Waals surface area contributed by atoms with Crippen molar-refractivity contribution in [3.05, 3.63) is 60.2 Å². The fourth-order valence-electron chi connectivity index (χ4n) is 2.17. The van der Waals surface area contributed by atoms with Crippen molar-refractivity contribution in [2.75, 3.05) is 12.4 Å². The van der Waals surface area contributed by atoms with E-state index in [1.165, 1.54) is 11.8 Å². The van der Waals surface area contributed by atoms with E-state index in [0.717, 1.165) is 17.7 Å². The number of aryl methyl sites for hydroxylation is 1. The van der Waals surface area contributed by atoms with Crippen LogP contribution in [0.2, 0.25) is 0 Å². The summed E-state index contributed by atoms with van der Waals surface area (Å²) in [7, 11) is -3.51. The molecule has 0 radical (unpaired) electrons. The molecule has 0 saturated heterocycles. The van der Waals surface area contributed by atoms with Crippen LogP contribution < -0.4 is 9.46 Å². The van der Waals surface area contributed by atoms with Gasteiger partial charge in [-0.25, -0.2) is 13.2 Å². The van der Waals surface area contributed by atoms with Crippen LogP contribution in [-0.4, -0.2) is 37.2 Å². The summed E-state index contributed by atoms with van der Waals surface area (Å²) in [6.07, 6.45) is 0.765. The van der Waals surface area contributed by atoms with Gasteiger partial charge in [0.25, 0.3) is 0 Å². The molecule has 2 rings (SSSR count). The topological polar surface area (TPSA) is 92.7 Å². The Labute approximate surface area is 157 Å². The molecular formula is C18H21NO5S2. The van der Waals surface area contributed by atoms with E-state index in [9.17, 15) is 13.2 Å². The molecule has 0 fully saturated rings. The summed E-state index contributed by atoms with van der Waals surface area (Å²) < 4.78 is 32.2. The number of thioether (sulfide) groups is 1. The number of rotatable bonds is 10. The number of nitrogens with one attached hydrogen (secondary N) is 1. The van der Waals surface area contributed by atoms with Crippen molar-refractivity contribution in [1.29, 1.82) is 0 Å². The lowest BCUT2D eigenvalue weighted by Crippen LogP contribution is -2.30. The number of ether oxygens (including phenoxy) is 1. The SMILES string of the molecule is CC(NS(=O)(=O)c1ccccc1)SCCc1ccc(OCC(=O)O)cc1. The fraction of sp³-hybridized carbons (Fsp3) is 0.278. The van der Waals surface area contributed by atoms with E-state index in [1.54, 1.807) is 42.5 Å². The van der Waals surface area contributed by atoms with Gasteiger partial charge in [0.05, 0.1) is 10.3 Å². The van der Waals surface area contributed by atoms with Crippen molar-refractivity contribution in [1.82, 2.24) is 4.72 Å². The molecule has 0 amide bonds. The highest BCUT2D eigenvalue weighted by molar-refractivity contribution is 8.00. The van der Waals surface area contributed by atoms with Gasteiger partial charge in [-0.2, -0.15) is 4.72 Å². The lowest BCUT2D eigenvalue weighted by atomic mass is 10.2. The molecule has 2 aromatic rings. The molecule has 0 bridgehead atoms. The molecule has 0 heterocycles. The van der Waals surface area contributed by atoms with Gasteiger partial charge in [-0.15, -0.1) is 11.8 Å². The highest BCUT2D eigenvalue weighted by atomic mass is 32.2. The minimum absolute atomic E-state index is 0.252. The van der Waals surface area contributed by atoms with Crippen molar-refractivity contribution in [2.45, 2.75) is 23.6 Å². The van der Waals surface area contributed by atoms with Crippen molar-refractivity contribution in [2.24, 2.45) is 0 Å². The average molecular weight is 396 g/mol. The standard InChI is InChI=1S/C18H21NO5S2/c1-14(19-26(22,23)17-5-3-2-4-6-17)25-12-11-15-7-9-16(10-8-15)24-13-18(20)21/h2-10,14,19H,11-13H2,1H3,(H,20,21). The van der Waals surface area contributed by atoms with Crippen LogP contribution in [0.1, 0.15) is 12.5 Å². The summed E-state index contributed by atoms with van der Waals surface area (Å²) in [4.78, 5) is 10.7. The van der Waals surface area contributed by atoms with Crippen molar-refractivity contribution >= 4 is 27.8 Å². The van der Waals surface area contributed by atoms with Gasteiger partial charge in [-0.05, 0) is 48.9 Å². The Morgan fingerprint density at radius 1 is 1.15 bits per heavy atom. The van der Waals surface area contributed by atoms with E-state index < -0.39 is 16.0 Å². The van der Waals surface area contributed by atoms with E-state index in [4.69, 9.17) is 9.84 Å². The molecule has 2 N–H and O–H groups in total. The number of sulfonamides is 1. The molecule has 0 saturated carbocycles. The van der Waals surface area contributed by atoms with Crippen LogP contribution in [0.5, 0.6) is 5.75 Å². The van der Waals surface area contributed by atoms with Gasteiger partial charge < -0.3 is 9.84 Å². The van der Waals surface area contributed by atoms with Crippen LogP contribution in [-0.2, 0) is 21.2 Å². The molecule has 8 heteroatoms. The lowest BCUT2D eigenvalue weighted by Gasteiger charge is -2.14. The quantitative estimate of drug-likeness (QED) is 0.601. The molecule has 0 aliphatic rings. The third-order valence-corrected chi connectivity index (χ3v) is 6.18. The fourth-order valence-corrected chi connectivity index (χ4v) is 4.62. The monoisotopic (exact) mass is 395 g/mol. The van der Waals surface area contributed by atoms with Crippen molar-refractivity contribution in [3.63, 3.8) is 0 Å². The van der Waals surface area contributed by atoms with E-state index in [2.05, 4.69) is 4.72 Å². The third kappa shape index (κ3) is 6.70. The van der Waals surface area contributed by atoms with Crippen LogP contribution in [0.15, 0.2) is 59.5 Å². The molecule has 140 valence electrons. The zero-order valence-electron chi connectivity index (χ0n) is 14.3. The highest BCUT2D eigenvalue weighted by Crippen LogP contribution is 2.17. The molecule has 1 atom stereocenters. The second kappa shape index (κ2) is 9.61. The zero-order valence-corrected chi connectivity index (χ0v) is 15.9. The van der Waals surface area contributed by atoms with Gasteiger partial charge in [0.1, 0.15) is 5.75 Å². The van der Waals surface area contributed by atoms with Gasteiger partial charge in [0, 0.05) is 0 Å². The number of carboxylic acid groups (broad SMARTS) is 1. The predicted molar refractivity (Wildman–Crippen MR) is 102 cm³/mol. The number of aliphatic carboxylic acids is 1. The molecule has 0 aliphatic heterocycles. The first-order valence-electron chi connectivity index (χ1n) is 7.99. The van der Waals surface area contributed by atoms with Crippen molar-refractivity contribution < 1.29 is 23.1 Å². The maximum absolute atomic E-state index is 12.2. The largest absolute Gasteiger partial charge is 0.482 e. The van der Waals surface area contributed by atoms with Crippen LogP contribution in [0.4, 0.5) is 0 Å². The molecule has 26 heavy (non-hydrogen) atoms. The van der Waals surface area contributed by atoms with E-state index in [1.807, 2.05) is 19.1 Å². The Kier molecular flexibility index (Phi) is 7.50. The van der Waals surface area contributed by atoms with Crippen LogP contribution in [0.3, 0.4) is 0 Å². The molecule has 6 nitrogen and oxygen atoms in total. The normalized spacial score (nSPS) is 12.5. The Bertz CT molecular complexity index is 807. The van der Waals surface area contributed by atoms with Gasteiger partial charge in [0.15, 0.2) is 6.61 Å². The number of hydrogen-bond acceptors (Lipinski definition) is 5. The highest BCUT2D eigenvalue weighted by Gasteiger charge is 2.16. The zero-order chi connectivity index (χ0) is 19.0. The minimum Gasteiger partial charge on any atom is -0.482 e. The Balaban J connectivity index is 1.77. The Hall–Kier alpha value is -2.03. The molecule has 0 spiro atoms. The third-order valence-electron chi connectivity index (χ3n) is 3.42. The summed E-state index contributed by atoms with van der Waals surface area (Å²) >= 11 is 1.51. The van der Waals surface area contributed by atoms with Gasteiger partial charge in [-0.3, -0.25) is 0 Å². The van der Waals surface area contributed by atoms with Gasteiger partial charge in [0.2, 0.25) is 10.0 Å². The van der Waals surface area contributed by atoms with E-state index >= 15 is 0 Å². The average Bonchev–Trinajstić information content (AvgIpc) is 2.61. The molecule has 2 aromatic carbocycles.